The summed E-state index contributed by atoms with van der Waals surface area (Å²) in [5.74, 6) is -3.87. The number of likely N-dealkylation sites (tertiary alicyclic amines) is 1. The fourth-order valence-corrected chi connectivity index (χ4v) is 1.79. The van der Waals surface area contributed by atoms with Crippen LogP contribution in [-0.2, 0) is 19.2 Å². The van der Waals surface area contributed by atoms with E-state index >= 15 is 0 Å². The number of rotatable bonds is 4. The first-order chi connectivity index (χ1) is 8.75. The predicted molar refractivity (Wildman–Crippen MR) is 64.9 cm³/mol. The summed E-state index contributed by atoms with van der Waals surface area (Å²) < 4.78 is 0. The van der Waals surface area contributed by atoms with Crippen LogP contribution in [0.4, 0.5) is 0 Å². The first-order valence-electron chi connectivity index (χ1n) is 6.09. The number of likely N-dealkylation sites (N-methyl/N-ethyl adjacent to an activating group) is 1. The largest absolute Gasteiger partial charge is 0.481 e. The van der Waals surface area contributed by atoms with Crippen molar-refractivity contribution in [2.24, 2.45) is 11.8 Å². The van der Waals surface area contributed by atoms with Crippen LogP contribution in [0.2, 0.25) is 0 Å². The summed E-state index contributed by atoms with van der Waals surface area (Å²) in [6.07, 6.45) is 0.442. The molecule has 1 fully saturated rings. The van der Waals surface area contributed by atoms with E-state index in [9.17, 15) is 19.2 Å². The van der Waals surface area contributed by atoms with E-state index in [4.69, 9.17) is 5.11 Å². The molecule has 0 aliphatic carbocycles. The Balaban J connectivity index is 2.65. The molecule has 0 aromatic rings. The van der Waals surface area contributed by atoms with Crippen LogP contribution in [0.1, 0.15) is 26.7 Å². The van der Waals surface area contributed by atoms with E-state index < -0.39 is 35.7 Å². The van der Waals surface area contributed by atoms with E-state index in [-0.39, 0.29) is 18.7 Å². The lowest BCUT2D eigenvalue weighted by Gasteiger charge is -2.29. The molecule has 0 saturated carbocycles. The standard InChI is InChI=1S/C12H18N2O5/c1-6(7(2)12(18)19)10(16)13-8-4-5-9(15)14(3)11(8)17/h6-8H,4-5H2,1-3H3,(H,13,16)(H,18,19). The van der Waals surface area contributed by atoms with Gasteiger partial charge in [-0.05, 0) is 6.42 Å². The lowest BCUT2D eigenvalue weighted by atomic mass is 9.94. The van der Waals surface area contributed by atoms with Crippen molar-refractivity contribution in [1.82, 2.24) is 10.2 Å². The zero-order valence-corrected chi connectivity index (χ0v) is 11.2. The van der Waals surface area contributed by atoms with Crippen LogP contribution in [-0.4, -0.2) is 46.8 Å². The lowest BCUT2D eigenvalue weighted by molar-refractivity contribution is -0.150. The smallest absolute Gasteiger partial charge is 0.307 e. The van der Waals surface area contributed by atoms with Crippen molar-refractivity contribution >= 4 is 23.7 Å². The maximum absolute atomic E-state index is 11.9. The molecule has 19 heavy (non-hydrogen) atoms. The summed E-state index contributed by atoms with van der Waals surface area (Å²) in [6, 6.07) is -0.751. The zero-order chi connectivity index (χ0) is 14.7. The lowest BCUT2D eigenvalue weighted by Crippen LogP contribution is -2.54. The van der Waals surface area contributed by atoms with Crippen LogP contribution in [0, 0.1) is 11.8 Å². The summed E-state index contributed by atoms with van der Waals surface area (Å²) in [6.45, 7) is 2.93. The Kier molecular flexibility index (Phi) is 4.63. The fourth-order valence-electron chi connectivity index (χ4n) is 1.79. The molecule has 2 N–H and O–H groups in total. The summed E-state index contributed by atoms with van der Waals surface area (Å²) in [4.78, 5) is 46.7. The average molecular weight is 270 g/mol. The van der Waals surface area contributed by atoms with E-state index in [0.717, 1.165) is 4.90 Å². The number of amides is 3. The first kappa shape index (κ1) is 15.1. The third-order valence-corrected chi connectivity index (χ3v) is 3.52. The number of aliphatic carboxylic acids is 1. The molecule has 1 aliphatic rings. The maximum Gasteiger partial charge on any atom is 0.307 e. The Bertz CT molecular complexity index is 420. The summed E-state index contributed by atoms with van der Waals surface area (Å²) >= 11 is 0. The minimum Gasteiger partial charge on any atom is -0.481 e. The van der Waals surface area contributed by atoms with Crippen LogP contribution >= 0.6 is 0 Å². The Morgan fingerprint density at radius 3 is 2.42 bits per heavy atom. The molecule has 0 aromatic heterocycles. The number of imide groups is 1. The van der Waals surface area contributed by atoms with Crippen LogP contribution < -0.4 is 5.32 Å². The van der Waals surface area contributed by atoms with Gasteiger partial charge in [-0.1, -0.05) is 13.8 Å². The van der Waals surface area contributed by atoms with Crippen molar-refractivity contribution in [3.05, 3.63) is 0 Å². The van der Waals surface area contributed by atoms with Gasteiger partial charge < -0.3 is 10.4 Å². The van der Waals surface area contributed by atoms with E-state index in [1.54, 1.807) is 0 Å². The Morgan fingerprint density at radius 2 is 1.89 bits per heavy atom. The molecule has 3 amide bonds. The Hall–Kier alpha value is -1.92. The molecule has 106 valence electrons. The minimum absolute atomic E-state index is 0.191. The van der Waals surface area contributed by atoms with Crippen molar-refractivity contribution in [1.29, 1.82) is 0 Å². The number of carboxylic acid groups (broad SMARTS) is 1. The second-order valence-corrected chi connectivity index (χ2v) is 4.81. The van der Waals surface area contributed by atoms with Crippen molar-refractivity contribution in [3.8, 4) is 0 Å². The van der Waals surface area contributed by atoms with Gasteiger partial charge in [0.2, 0.25) is 11.8 Å². The average Bonchev–Trinajstić information content (AvgIpc) is 2.37. The predicted octanol–water partition coefficient (Wildman–Crippen LogP) is -0.393. The molecule has 0 aromatic carbocycles. The highest BCUT2D eigenvalue weighted by molar-refractivity contribution is 6.01. The van der Waals surface area contributed by atoms with Gasteiger partial charge in [0.05, 0.1) is 5.92 Å². The molecule has 3 unspecified atom stereocenters. The molecular weight excluding hydrogens is 252 g/mol. The first-order valence-corrected chi connectivity index (χ1v) is 6.09. The number of piperidine rings is 1. The van der Waals surface area contributed by atoms with Crippen molar-refractivity contribution < 1.29 is 24.3 Å². The highest BCUT2D eigenvalue weighted by Crippen LogP contribution is 2.15. The number of hydrogen-bond acceptors (Lipinski definition) is 4. The van der Waals surface area contributed by atoms with Crippen molar-refractivity contribution in [3.63, 3.8) is 0 Å². The Labute approximate surface area is 110 Å². The van der Waals surface area contributed by atoms with Gasteiger partial charge in [0.15, 0.2) is 0 Å². The van der Waals surface area contributed by atoms with Crippen molar-refractivity contribution in [2.75, 3.05) is 7.05 Å². The van der Waals surface area contributed by atoms with Gasteiger partial charge in [0.25, 0.3) is 5.91 Å². The van der Waals surface area contributed by atoms with E-state index in [0.29, 0.717) is 0 Å². The number of carbonyl (C=O) groups is 4. The van der Waals surface area contributed by atoms with Crippen molar-refractivity contribution in [2.45, 2.75) is 32.7 Å². The number of carbonyl (C=O) groups excluding carboxylic acids is 3. The third-order valence-electron chi connectivity index (χ3n) is 3.52. The SMILES string of the molecule is CC(C(=O)O)C(C)C(=O)NC1CCC(=O)N(C)C1=O. The molecule has 1 heterocycles. The molecule has 1 saturated heterocycles. The highest BCUT2D eigenvalue weighted by Gasteiger charge is 2.35. The molecule has 0 bridgehead atoms. The number of nitrogens with zero attached hydrogens (tertiary/aromatic N) is 1. The topological polar surface area (TPSA) is 104 Å². The van der Waals surface area contributed by atoms with E-state index in [1.165, 1.54) is 20.9 Å². The molecule has 1 rings (SSSR count). The normalized spacial score (nSPS) is 22.9. The monoisotopic (exact) mass is 270 g/mol. The maximum atomic E-state index is 11.9. The molecule has 7 nitrogen and oxygen atoms in total. The summed E-state index contributed by atoms with van der Waals surface area (Å²) in [7, 11) is 1.37. The van der Waals surface area contributed by atoms with Gasteiger partial charge in [-0.25, -0.2) is 0 Å². The molecule has 0 radical (unpaired) electrons. The number of carboxylic acids is 1. The van der Waals surface area contributed by atoms with Gasteiger partial charge in [0, 0.05) is 19.4 Å². The van der Waals surface area contributed by atoms with Gasteiger partial charge in [-0.15, -0.1) is 0 Å². The molecule has 7 heteroatoms. The summed E-state index contributed by atoms with van der Waals surface area (Å²) in [5, 5.41) is 11.3. The third kappa shape index (κ3) is 3.30. The fraction of sp³-hybridized carbons (Fsp3) is 0.667. The number of nitrogens with one attached hydrogen (secondary N) is 1. The second kappa shape index (κ2) is 5.81. The molecule has 1 aliphatic heterocycles. The van der Waals surface area contributed by atoms with E-state index in [1.807, 2.05) is 0 Å². The summed E-state index contributed by atoms with van der Waals surface area (Å²) in [5.41, 5.74) is 0. The molecule has 3 atom stereocenters. The van der Waals surface area contributed by atoms with Gasteiger partial charge in [0.1, 0.15) is 6.04 Å². The van der Waals surface area contributed by atoms with E-state index in [2.05, 4.69) is 5.32 Å². The van der Waals surface area contributed by atoms with Gasteiger partial charge in [-0.2, -0.15) is 0 Å². The zero-order valence-electron chi connectivity index (χ0n) is 11.2. The minimum atomic E-state index is -1.06. The van der Waals surface area contributed by atoms with Crippen LogP contribution in [0.3, 0.4) is 0 Å². The number of hydrogen-bond donors (Lipinski definition) is 2. The quantitative estimate of drug-likeness (QED) is 0.677. The van der Waals surface area contributed by atoms with Crippen LogP contribution in [0.15, 0.2) is 0 Å². The van der Waals surface area contributed by atoms with Gasteiger partial charge >= 0.3 is 5.97 Å². The van der Waals surface area contributed by atoms with Gasteiger partial charge in [-0.3, -0.25) is 24.1 Å². The highest BCUT2D eigenvalue weighted by atomic mass is 16.4. The second-order valence-electron chi connectivity index (χ2n) is 4.81. The Morgan fingerprint density at radius 1 is 1.32 bits per heavy atom. The van der Waals surface area contributed by atoms with Crippen LogP contribution in [0.5, 0.6) is 0 Å². The molecule has 0 spiro atoms. The molecular formula is C12H18N2O5. The van der Waals surface area contributed by atoms with Crippen LogP contribution in [0.25, 0.3) is 0 Å².